The Morgan fingerprint density at radius 1 is 1.32 bits per heavy atom. The minimum absolute atomic E-state index is 0.236. The summed E-state index contributed by atoms with van der Waals surface area (Å²) in [5, 5.41) is 1.66. The number of aliphatic imine (C=N–C) groups is 1. The van der Waals surface area contributed by atoms with Gasteiger partial charge in [-0.1, -0.05) is 0 Å². The van der Waals surface area contributed by atoms with Gasteiger partial charge in [-0.3, -0.25) is 0 Å². The van der Waals surface area contributed by atoms with Crippen molar-refractivity contribution < 1.29 is 13.2 Å². The van der Waals surface area contributed by atoms with Crippen LogP contribution in [0.1, 0.15) is 5.56 Å². The van der Waals surface area contributed by atoms with E-state index in [4.69, 9.17) is 4.74 Å². The van der Waals surface area contributed by atoms with Crippen molar-refractivity contribution in [2.75, 3.05) is 40.4 Å². The monoisotopic (exact) mass is 326 g/mol. The van der Waals surface area contributed by atoms with E-state index in [1.54, 1.807) is 29.5 Å². The third-order valence-electron chi connectivity index (χ3n) is 3.17. The highest BCUT2D eigenvalue weighted by molar-refractivity contribution is 7.89. The standard InChI is InChI=1S/C14H22N4O3S/c1-12-10-13(4-5-14(12)15-11-17(2)3)22(19,20)16-18-6-8-21-9-7-18/h4-5,10-11,16H,6-9H2,1-3H3. The summed E-state index contributed by atoms with van der Waals surface area (Å²) in [6.07, 6.45) is 1.68. The first-order chi connectivity index (χ1) is 10.4. The highest BCUT2D eigenvalue weighted by atomic mass is 32.2. The van der Waals surface area contributed by atoms with E-state index in [9.17, 15) is 8.42 Å². The first kappa shape index (κ1) is 16.9. The predicted molar refractivity (Wildman–Crippen MR) is 85.7 cm³/mol. The number of morpholine rings is 1. The normalized spacial score (nSPS) is 17.0. The van der Waals surface area contributed by atoms with Crippen LogP contribution in [0, 0.1) is 6.92 Å². The zero-order chi connectivity index (χ0) is 16.2. The number of rotatable bonds is 5. The Bertz CT molecular complexity index is 637. The predicted octanol–water partition coefficient (Wildman–Crippen LogP) is 0.742. The van der Waals surface area contributed by atoms with Crippen LogP contribution in [0.5, 0.6) is 0 Å². The third-order valence-corrected chi connectivity index (χ3v) is 4.54. The van der Waals surface area contributed by atoms with Crippen LogP contribution < -0.4 is 4.83 Å². The molecule has 0 saturated carbocycles. The molecule has 7 nitrogen and oxygen atoms in total. The van der Waals surface area contributed by atoms with Crippen LogP contribution in [0.15, 0.2) is 28.1 Å². The fourth-order valence-electron chi connectivity index (χ4n) is 1.99. The second kappa shape index (κ2) is 7.19. The summed E-state index contributed by atoms with van der Waals surface area (Å²) in [5.74, 6) is 0. The van der Waals surface area contributed by atoms with Gasteiger partial charge in [-0.2, -0.15) is 0 Å². The minimum atomic E-state index is -3.57. The van der Waals surface area contributed by atoms with Crippen molar-refractivity contribution in [2.45, 2.75) is 11.8 Å². The molecule has 122 valence electrons. The number of ether oxygens (including phenoxy) is 1. The summed E-state index contributed by atoms with van der Waals surface area (Å²) in [6.45, 7) is 3.99. The Kier molecular flexibility index (Phi) is 5.52. The van der Waals surface area contributed by atoms with Crippen molar-refractivity contribution in [3.8, 4) is 0 Å². The Balaban J connectivity index is 2.15. The number of nitrogens with zero attached hydrogens (tertiary/aromatic N) is 3. The smallest absolute Gasteiger partial charge is 0.253 e. The molecule has 0 aromatic heterocycles. The molecule has 1 fully saturated rings. The Morgan fingerprint density at radius 2 is 2.00 bits per heavy atom. The second-order valence-electron chi connectivity index (χ2n) is 5.35. The van der Waals surface area contributed by atoms with Gasteiger partial charge in [0, 0.05) is 27.2 Å². The molecule has 0 unspecified atom stereocenters. The fraction of sp³-hybridized carbons (Fsp3) is 0.500. The van der Waals surface area contributed by atoms with Crippen LogP contribution >= 0.6 is 0 Å². The van der Waals surface area contributed by atoms with Gasteiger partial charge in [0.1, 0.15) is 0 Å². The molecule has 1 saturated heterocycles. The average Bonchev–Trinajstić information content (AvgIpc) is 2.46. The van der Waals surface area contributed by atoms with E-state index >= 15 is 0 Å². The van der Waals surface area contributed by atoms with Gasteiger partial charge in [0.2, 0.25) is 0 Å². The van der Waals surface area contributed by atoms with Gasteiger partial charge in [0.05, 0.1) is 30.1 Å². The van der Waals surface area contributed by atoms with E-state index in [2.05, 4.69) is 9.82 Å². The molecule has 2 rings (SSSR count). The van der Waals surface area contributed by atoms with Crippen molar-refractivity contribution in [1.82, 2.24) is 14.7 Å². The SMILES string of the molecule is Cc1cc(S(=O)(=O)NN2CCOCC2)ccc1N=CN(C)C. The van der Waals surface area contributed by atoms with Crippen LogP contribution in [0.3, 0.4) is 0 Å². The quantitative estimate of drug-likeness (QED) is 0.638. The van der Waals surface area contributed by atoms with Crippen LogP contribution in [0.4, 0.5) is 5.69 Å². The highest BCUT2D eigenvalue weighted by Crippen LogP contribution is 2.22. The number of benzene rings is 1. The van der Waals surface area contributed by atoms with Crippen molar-refractivity contribution in [3.63, 3.8) is 0 Å². The van der Waals surface area contributed by atoms with Gasteiger partial charge in [0.25, 0.3) is 10.0 Å². The van der Waals surface area contributed by atoms with Crippen molar-refractivity contribution in [1.29, 1.82) is 0 Å². The van der Waals surface area contributed by atoms with E-state index in [-0.39, 0.29) is 4.90 Å². The maximum atomic E-state index is 12.4. The molecule has 22 heavy (non-hydrogen) atoms. The molecule has 0 spiro atoms. The van der Waals surface area contributed by atoms with E-state index in [0.717, 1.165) is 11.3 Å². The molecule has 1 aliphatic heterocycles. The maximum absolute atomic E-state index is 12.4. The minimum Gasteiger partial charge on any atom is -0.379 e. The van der Waals surface area contributed by atoms with Crippen LogP contribution in [0.25, 0.3) is 0 Å². The maximum Gasteiger partial charge on any atom is 0.253 e. The summed E-state index contributed by atoms with van der Waals surface area (Å²) in [7, 11) is 0.185. The molecule has 1 aromatic rings. The summed E-state index contributed by atoms with van der Waals surface area (Å²) in [4.78, 5) is 8.95. The topological polar surface area (TPSA) is 74.2 Å². The molecule has 1 aliphatic rings. The number of hydrogen-bond acceptors (Lipinski definition) is 5. The number of aryl methyl sites for hydroxylation is 1. The van der Waals surface area contributed by atoms with Gasteiger partial charge < -0.3 is 9.64 Å². The van der Waals surface area contributed by atoms with Crippen molar-refractivity contribution >= 4 is 22.0 Å². The first-order valence-corrected chi connectivity index (χ1v) is 8.53. The Labute approximate surface area is 131 Å². The lowest BCUT2D eigenvalue weighted by Gasteiger charge is -2.26. The van der Waals surface area contributed by atoms with E-state index in [1.165, 1.54) is 0 Å². The van der Waals surface area contributed by atoms with Gasteiger partial charge in [-0.25, -0.2) is 18.4 Å². The van der Waals surface area contributed by atoms with Crippen LogP contribution in [-0.2, 0) is 14.8 Å². The number of hydrogen-bond donors (Lipinski definition) is 1. The molecule has 1 heterocycles. The summed E-state index contributed by atoms with van der Waals surface area (Å²) in [6, 6.07) is 4.91. The molecule has 8 heteroatoms. The molecule has 0 aliphatic carbocycles. The Hall–Kier alpha value is -1.48. The number of nitrogens with one attached hydrogen (secondary N) is 1. The summed E-state index contributed by atoms with van der Waals surface area (Å²) < 4.78 is 30.0. The van der Waals surface area contributed by atoms with Crippen molar-refractivity contribution in [2.24, 2.45) is 4.99 Å². The summed E-state index contributed by atoms with van der Waals surface area (Å²) in [5.41, 5.74) is 1.56. The Morgan fingerprint density at radius 3 is 2.59 bits per heavy atom. The lowest BCUT2D eigenvalue weighted by molar-refractivity contribution is 0.0272. The molecule has 0 radical (unpaired) electrons. The third kappa shape index (κ3) is 4.51. The van der Waals surface area contributed by atoms with Gasteiger partial charge in [-0.05, 0) is 30.7 Å². The fourth-order valence-corrected chi connectivity index (χ4v) is 3.20. The largest absolute Gasteiger partial charge is 0.379 e. The van der Waals surface area contributed by atoms with Crippen LogP contribution in [0.2, 0.25) is 0 Å². The summed E-state index contributed by atoms with van der Waals surface area (Å²) >= 11 is 0. The van der Waals surface area contributed by atoms with Gasteiger partial charge in [-0.15, -0.1) is 4.83 Å². The van der Waals surface area contributed by atoms with Crippen LogP contribution in [-0.4, -0.2) is 65.1 Å². The molecule has 0 bridgehead atoms. The molecule has 0 amide bonds. The first-order valence-electron chi connectivity index (χ1n) is 7.05. The van der Waals surface area contributed by atoms with Crippen molar-refractivity contribution in [3.05, 3.63) is 23.8 Å². The van der Waals surface area contributed by atoms with E-state index in [0.29, 0.717) is 26.3 Å². The molecular formula is C14H22N4O3S. The molecule has 1 N–H and O–H groups in total. The lowest BCUT2D eigenvalue weighted by Crippen LogP contribution is -2.48. The highest BCUT2D eigenvalue weighted by Gasteiger charge is 2.20. The van der Waals surface area contributed by atoms with E-state index < -0.39 is 10.0 Å². The molecule has 1 aromatic carbocycles. The zero-order valence-electron chi connectivity index (χ0n) is 13.1. The second-order valence-corrected chi connectivity index (χ2v) is 7.01. The van der Waals surface area contributed by atoms with E-state index in [1.807, 2.05) is 25.9 Å². The van der Waals surface area contributed by atoms with Gasteiger partial charge in [0.15, 0.2) is 0 Å². The zero-order valence-corrected chi connectivity index (χ0v) is 13.9. The lowest BCUT2D eigenvalue weighted by atomic mass is 10.2. The number of sulfonamides is 1. The molecule has 0 atom stereocenters. The average molecular weight is 326 g/mol. The van der Waals surface area contributed by atoms with Gasteiger partial charge >= 0.3 is 0 Å². The molecular weight excluding hydrogens is 304 g/mol. The number of hydrazine groups is 1.